The van der Waals surface area contributed by atoms with Crippen LogP contribution in [0.5, 0.6) is 0 Å². The lowest BCUT2D eigenvalue weighted by molar-refractivity contribution is -0.132. The number of carbonyl (C=O) groups excluding carboxylic acids is 2. The summed E-state index contributed by atoms with van der Waals surface area (Å²) >= 11 is 0. The van der Waals surface area contributed by atoms with Crippen LogP contribution >= 0.6 is 0 Å². The zero-order valence-corrected chi connectivity index (χ0v) is 20.1. The molecule has 2 aliphatic rings. The number of fused-ring (bicyclic) bond motifs is 1. The van der Waals surface area contributed by atoms with Gasteiger partial charge in [0.05, 0.1) is 5.52 Å². The maximum Gasteiger partial charge on any atom is 0.248 e. The minimum atomic E-state index is -0.474. The molecule has 10 nitrogen and oxygen atoms in total. The van der Waals surface area contributed by atoms with Crippen molar-refractivity contribution in [2.24, 2.45) is 5.73 Å². The Labute approximate surface area is 204 Å². The highest BCUT2D eigenvalue weighted by Gasteiger charge is 2.27. The number of anilines is 1. The van der Waals surface area contributed by atoms with E-state index in [0.29, 0.717) is 24.4 Å². The third-order valence-electron chi connectivity index (χ3n) is 7.20. The summed E-state index contributed by atoms with van der Waals surface area (Å²) in [7, 11) is 1.92. The van der Waals surface area contributed by atoms with E-state index in [-0.39, 0.29) is 11.9 Å². The highest BCUT2D eigenvalue weighted by molar-refractivity contribution is 5.96. The van der Waals surface area contributed by atoms with Crippen LogP contribution in [0, 0.1) is 0 Å². The summed E-state index contributed by atoms with van der Waals surface area (Å²) in [5.41, 5.74) is 8.57. The second-order valence-electron chi connectivity index (χ2n) is 9.65. The lowest BCUT2D eigenvalue weighted by atomic mass is 10.0. The summed E-state index contributed by atoms with van der Waals surface area (Å²) in [5, 5.41) is 8.31. The molecule has 184 valence electrons. The molecule has 1 saturated heterocycles. The molecule has 0 spiro atoms. The van der Waals surface area contributed by atoms with Gasteiger partial charge in [-0.25, -0.2) is 14.6 Å². The third kappa shape index (κ3) is 5.26. The van der Waals surface area contributed by atoms with E-state index in [9.17, 15) is 9.59 Å². The van der Waals surface area contributed by atoms with E-state index in [1.807, 2.05) is 24.3 Å². The first-order valence-electron chi connectivity index (χ1n) is 12.4. The van der Waals surface area contributed by atoms with Gasteiger partial charge in [-0.15, -0.1) is 5.10 Å². The lowest BCUT2D eigenvalue weighted by Crippen LogP contribution is -2.46. The molecule has 0 unspecified atom stereocenters. The number of unbranched alkanes of at least 4 members (excludes halogenated alkanes) is 1. The number of aryl methyl sites for hydroxylation is 1. The Bertz CT molecular complexity index is 1200. The average Bonchev–Trinajstić information content (AvgIpc) is 3.66. The standard InChI is InChI=1S/C25H32N8O2/c1-31(20-9-12-32(13-10-20)25-27-15-19(16-28-25)17-5-6-17)23(34)4-2-3-11-33-22-14-18(24(26)35)7-8-21(22)29-30-33/h7-8,14-17,20H,2-6,9-13H2,1H3,(H2,26,35). The molecule has 1 aliphatic heterocycles. The number of nitrogens with two attached hydrogens (primary N) is 1. The van der Waals surface area contributed by atoms with Crippen LogP contribution < -0.4 is 10.6 Å². The Balaban J connectivity index is 1.06. The van der Waals surface area contributed by atoms with Gasteiger partial charge in [0.15, 0.2) is 0 Å². The van der Waals surface area contributed by atoms with E-state index < -0.39 is 5.91 Å². The van der Waals surface area contributed by atoms with Crippen LogP contribution in [0.1, 0.15) is 66.8 Å². The summed E-state index contributed by atoms with van der Waals surface area (Å²) in [4.78, 5) is 37.5. The van der Waals surface area contributed by atoms with E-state index in [1.54, 1.807) is 22.9 Å². The first-order valence-corrected chi connectivity index (χ1v) is 12.4. The minimum absolute atomic E-state index is 0.174. The molecule has 1 aromatic carbocycles. The van der Waals surface area contributed by atoms with Gasteiger partial charge in [0.1, 0.15) is 5.52 Å². The SMILES string of the molecule is CN(C(=O)CCCCn1nnc2ccc(C(N)=O)cc21)C1CCN(c2ncc(C3CC3)cn2)CC1. The Morgan fingerprint density at radius 3 is 2.51 bits per heavy atom. The smallest absolute Gasteiger partial charge is 0.248 e. The molecule has 0 radical (unpaired) electrons. The van der Waals surface area contributed by atoms with Crippen molar-refractivity contribution < 1.29 is 9.59 Å². The molecule has 10 heteroatoms. The molecule has 2 aromatic heterocycles. The number of hydrogen-bond donors (Lipinski definition) is 1. The van der Waals surface area contributed by atoms with Crippen molar-refractivity contribution in [1.29, 1.82) is 0 Å². The first kappa shape index (κ1) is 23.2. The number of carbonyl (C=O) groups is 2. The number of aromatic nitrogens is 5. The van der Waals surface area contributed by atoms with Gasteiger partial charge in [0.25, 0.3) is 0 Å². The van der Waals surface area contributed by atoms with E-state index in [2.05, 4.69) is 25.2 Å². The second kappa shape index (κ2) is 9.97. The van der Waals surface area contributed by atoms with Crippen LogP contribution in [0.15, 0.2) is 30.6 Å². The largest absolute Gasteiger partial charge is 0.366 e. The van der Waals surface area contributed by atoms with Crippen molar-refractivity contribution in [2.45, 2.75) is 63.5 Å². The molecular weight excluding hydrogens is 444 g/mol. The van der Waals surface area contributed by atoms with E-state index >= 15 is 0 Å². The Hall–Kier alpha value is -3.56. The van der Waals surface area contributed by atoms with Crippen LogP contribution in [-0.2, 0) is 11.3 Å². The molecule has 5 rings (SSSR count). The van der Waals surface area contributed by atoms with Crippen LogP contribution in [0.2, 0.25) is 0 Å². The van der Waals surface area contributed by atoms with Gasteiger partial charge in [0, 0.05) is 57.1 Å². The Morgan fingerprint density at radius 1 is 1.09 bits per heavy atom. The van der Waals surface area contributed by atoms with Crippen molar-refractivity contribution in [2.75, 3.05) is 25.0 Å². The maximum absolute atomic E-state index is 12.8. The highest BCUT2D eigenvalue weighted by atomic mass is 16.2. The molecule has 1 saturated carbocycles. The van der Waals surface area contributed by atoms with Crippen LogP contribution in [0.4, 0.5) is 5.95 Å². The van der Waals surface area contributed by atoms with Crippen molar-refractivity contribution in [1.82, 2.24) is 29.9 Å². The summed E-state index contributed by atoms with van der Waals surface area (Å²) in [6.07, 6.45) is 10.4. The van der Waals surface area contributed by atoms with E-state index in [1.165, 1.54) is 18.4 Å². The molecule has 3 aromatic rings. The molecule has 3 heterocycles. The summed E-state index contributed by atoms with van der Waals surface area (Å²) in [5.74, 6) is 1.16. The van der Waals surface area contributed by atoms with Gasteiger partial charge in [-0.3, -0.25) is 9.59 Å². The van der Waals surface area contributed by atoms with Crippen molar-refractivity contribution >= 4 is 28.8 Å². The fraction of sp³-hybridized carbons (Fsp3) is 0.520. The van der Waals surface area contributed by atoms with E-state index in [0.717, 1.165) is 55.8 Å². The van der Waals surface area contributed by atoms with Crippen LogP contribution in [0.3, 0.4) is 0 Å². The Kier molecular flexibility index (Phi) is 6.61. The van der Waals surface area contributed by atoms with Crippen molar-refractivity contribution in [3.8, 4) is 0 Å². The number of rotatable bonds is 9. The number of benzene rings is 1. The molecule has 2 fully saturated rings. The topological polar surface area (TPSA) is 123 Å². The molecule has 2 amide bonds. The number of amides is 2. The summed E-state index contributed by atoms with van der Waals surface area (Å²) < 4.78 is 1.77. The maximum atomic E-state index is 12.8. The second-order valence-corrected chi connectivity index (χ2v) is 9.65. The quantitative estimate of drug-likeness (QED) is 0.471. The lowest BCUT2D eigenvalue weighted by Gasteiger charge is -2.36. The van der Waals surface area contributed by atoms with Gasteiger partial charge < -0.3 is 15.5 Å². The summed E-state index contributed by atoms with van der Waals surface area (Å²) in [6, 6.07) is 5.37. The van der Waals surface area contributed by atoms with Crippen molar-refractivity contribution in [3.05, 3.63) is 41.7 Å². The molecule has 35 heavy (non-hydrogen) atoms. The molecule has 1 aliphatic carbocycles. The Morgan fingerprint density at radius 2 is 1.83 bits per heavy atom. The number of piperidine rings is 1. The fourth-order valence-corrected chi connectivity index (χ4v) is 4.78. The monoisotopic (exact) mass is 476 g/mol. The third-order valence-corrected chi connectivity index (χ3v) is 7.20. The van der Waals surface area contributed by atoms with Gasteiger partial charge in [0.2, 0.25) is 17.8 Å². The van der Waals surface area contributed by atoms with Gasteiger partial charge in [-0.2, -0.15) is 0 Å². The molecule has 0 atom stereocenters. The normalized spacial score (nSPS) is 16.5. The number of nitrogens with zero attached hydrogens (tertiary/aromatic N) is 7. The molecule has 0 bridgehead atoms. The molecule has 2 N–H and O–H groups in total. The van der Waals surface area contributed by atoms with E-state index in [4.69, 9.17) is 5.73 Å². The average molecular weight is 477 g/mol. The predicted octanol–water partition coefficient (Wildman–Crippen LogP) is 2.50. The van der Waals surface area contributed by atoms with Gasteiger partial charge >= 0.3 is 0 Å². The zero-order chi connectivity index (χ0) is 24.4. The van der Waals surface area contributed by atoms with Crippen molar-refractivity contribution in [3.63, 3.8) is 0 Å². The first-order chi connectivity index (χ1) is 17.0. The highest BCUT2D eigenvalue weighted by Crippen LogP contribution is 2.39. The summed E-state index contributed by atoms with van der Waals surface area (Å²) in [6.45, 7) is 2.35. The van der Waals surface area contributed by atoms with Crippen LogP contribution in [-0.4, -0.2) is 67.9 Å². The van der Waals surface area contributed by atoms with Gasteiger partial charge in [-0.05, 0) is 68.2 Å². The van der Waals surface area contributed by atoms with Crippen LogP contribution in [0.25, 0.3) is 11.0 Å². The minimum Gasteiger partial charge on any atom is -0.366 e. The fourth-order valence-electron chi connectivity index (χ4n) is 4.78. The predicted molar refractivity (Wildman–Crippen MR) is 132 cm³/mol. The number of primary amides is 1. The van der Waals surface area contributed by atoms with Gasteiger partial charge in [-0.1, -0.05) is 5.21 Å². The molecular formula is C25H32N8O2. The zero-order valence-electron chi connectivity index (χ0n) is 20.1. The number of hydrogen-bond acceptors (Lipinski definition) is 7.